The van der Waals surface area contributed by atoms with E-state index in [1.54, 1.807) is 0 Å². The molecule has 0 unspecified atom stereocenters. The fourth-order valence-electron chi connectivity index (χ4n) is 2.23. The third-order valence-electron chi connectivity index (χ3n) is 2.98. The quantitative estimate of drug-likeness (QED) is 0.856. The zero-order valence-corrected chi connectivity index (χ0v) is 10.8. The molecule has 2 rings (SSSR count). The van der Waals surface area contributed by atoms with Gasteiger partial charge in [0.1, 0.15) is 0 Å². The van der Waals surface area contributed by atoms with Gasteiger partial charge in [-0.05, 0) is 49.9 Å². The van der Waals surface area contributed by atoms with Crippen LogP contribution in [-0.2, 0) is 10.8 Å². The molecule has 1 N–H and O–H groups in total. The van der Waals surface area contributed by atoms with Crippen LogP contribution in [0.3, 0.4) is 0 Å². The zero-order valence-electron chi connectivity index (χ0n) is 9.95. The van der Waals surface area contributed by atoms with E-state index >= 15 is 0 Å². The predicted octanol–water partition coefficient (Wildman–Crippen LogP) is 2.63. The first kappa shape index (κ1) is 11.6. The maximum absolute atomic E-state index is 11.3. The summed E-state index contributed by atoms with van der Waals surface area (Å²) in [5.74, 6) is 1.70. The molecule has 0 amide bonds. The number of benzene rings is 1. The van der Waals surface area contributed by atoms with E-state index < -0.39 is 10.8 Å². The highest BCUT2D eigenvalue weighted by Gasteiger charge is 2.17. The third kappa shape index (κ3) is 3.08. The minimum Gasteiger partial charge on any atom is -0.382 e. The molecule has 0 spiro atoms. The van der Waals surface area contributed by atoms with Crippen LogP contribution in [0.4, 0.5) is 5.69 Å². The van der Waals surface area contributed by atoms with E-state index in [1.807, 2.05) is 0 Å². The lowest BCUT2D eigenvalue weighted by Gasteiger charge is -2.24. The number of nitrogens with one attached hydrogen (secondary N) is 1. The highest BCUT2D eigenvalue weighted by Crippen LogP contribution is 2.19. The van der Waals surface area contributed by atoms with Crippen molar-refractivity contribution in [2.24, 2.45) is 0 Å². The molecule has 0 aromatic heterocycles. The van der Waals surface area contributed by atoms with Gasteiger partial charge in [-0.3, -0.25) is 4.21 Å². The van der Waals surface area contributed by atoms with Gasteiger partial charge in [-0.1, -0.05) is 6.07 Å². The van der Waals surface area contributed by atoms with Crippen molar-refractivity contribution in [2.45, 2.75) is 32.7 Å². The number of hydrogen-bond acceptors (Lipinski definition) is 2. The molecule has 2 nitrogen and oxygen atoms in total. The van der Waals surface area contributed by atoms with Crippen molar-refractivity contribution in [3.8, 4) is 0 Å². The average molecular weight is 237 g/mol. The molecule has 1 aliphatic rings. The van der Waals surface area contributed by atoms with Gasteiger partial charge in [0.2, 0.25) is 0 Å². The standard InChI is InChI=1S/C13H19NOS/c1-10-7-11(2)9-13(8-10)14-12-3-5-16(15)6-4-12/h7-9,12,14H,3-6H2,1-2H3. The molecule has 0 aliphatic carbocycles. The highest BCUT2D eigenvalue weighted by molar-refractivity contribution is 7.85. The van der Waals surface area contributed by atoms with Crippen LogP contribution in [0.2, 0.25) is 0 Å². The number of aryl methyl sites for hydroxylation is 2. The smallest absolute Gasteiger partial charge is 0.0347 e. The minimum absolute atomic E-state index is 0.499. The van der Waals surface area contributed by atoms with Crippen molar-refractivity contribution >= 4 is 16.5 Å². The lowest BCUT2D eigenvalue weighted by molar-refractivity contribution is 0.624. The highest BCUT2D eigenvalue weighted by atomic mass is 32.2. The van der Waals surface area contributed by atoms with E-state index in [-0.39, 0.29) is 0 Å². The summed E-state index contributed by atoms with van der Waals surface area (Å²) in [6, 6.07) is 7.04. The Morgan fingerprint density at radius 3 is 2.25 bits per heavy atom. The second kappa shape index (κ2) is 5.00. The van der Waals surface area contributed by atoms with Crippen molar-refractivity contribution in [2.75, 3.05) is 16.8 Å². The molecule has 3 heteroatoms. The third-order valence-corrected chi connectivity index (χ3v) is 4.36. The molecule has 0 bridgehead atoms. The Bertz CT molecular complexity index is 373. The Balaban J connectivity index is 2.00. The van der Waals surface area contributed by atoms with Gasteiger partial charge in [0.15, 0.2) is 0 Å². The molecule has 1 saturated heterocycles. The van der Waals surface area contributed by atoms with Crippen molar-refractivity contribution in [1.29, 1.82) is 0 Å². The molecule has 1 heterocycles. The van der Waals surface area contributed by atoms with E-state index in [9.17, 15) is 4.21 Å². The lowest BCUT2D eigenvalue weighted by atomic mass is 10.1. The Morgan fingerprint density at radius 1 is 1.12 bits per heavy atom. The van der Waals surface area contributed by atoms with Crippen molar-refractivity contribution in [3.63, 3.8) is 0 Å². The van der Waals surface area contributed by atoms with Crippen LogP contribution in [0.5, 0.6) is 0 Å². The molecule has 1 fully saturated rings. The van der Waals surface area contributed by atoms with E-state index in [2.05, 4.69) is 37.4 Å². The van der Waals surface area contributed by atoms with Crippen LogP contribution in [0, 0.1) is 13.8 Å². The maximum Gasteiger partial charge on any atom is 0.0347 e. The van der Waals surface area contributed by atoms with E-state index in [0.29, 0.717) is 6.04 Å². The lowest BCUT2D eigenvalue weighted by Crippen LogP contribution is -2.29. The molecule has 16 heavy (non-hydrogen) atoms. The van der Waals surface area contributed by atoms with Gasteiger partial charge in [0, 0.05) is 34.0 Å². The first-order valence-electron chi connectivity index (χ1n) is 5.83. The normalized spacial score (nSPS) is 25.4. The summed E-state index contributed by atoms with van der Waals surface area (Å²) in [4.78, 5) is 0. The first-order chi connectivity index (χ1) is 7.63. The Kier molecular flexibility index (Phi) is 3.64. The van der Waals surface area contributed by atoms with Crippen LogP contribution in [-0.4, -0.2) is 21.8 Å². The van der Waals surface area contributed by atoms with Crippen LogP contribution in [0.25, 0.3) is 0 Å². The van der Waals surface area contributed by atoms with Gasteiger partial charge < -0.3 is 5.32 Å². The fourth-order valence-corrected chi connectivity index (χ4v) is 3.53. The van der Waals surface area contributed by atoms with Gasteiger partial charge in [-0.2, -0.15) is 0 Å². The minimum atomic E-state index is -0.568. The largest absolute Gasteiger partial charge is 0.382 e. The summed E-state index contributed by atoms with van der Waals surface area (Å²) in [7, 11) is -0.568. The molecule has 0 radical (unpaired) electrons. The summed E-state index contributed by atoms with van der Waals surface area (Å²) >= 11 is 0. The van der Waals surface area contributed by atoms with Crippen LogP contribution in [0.15, 0.2) is 18.2 Å². The van der Waals surface area contributed by atoms with E-state index in [1.165, 1.54) is 16.8 Å². The van der Waals surface area contributed by atoms with Gasteiger partial charge >= 0.3 is 0 Å². The van der Waals surface area contributed by atoms with E-state index in [0.717, 1.165) is 24.3 Å². The van der Waals surface area contributed by atoms with E-state index in [4.69, 9.17) is 0 Å². The van der Waals surface area contributed by atoms with Crippen LogP contribution >= 0.6 is 0 Å². The molecule has 1 aliphatic heterocycles. The van der Waals surface area contributed by atoms with Crippen molar-refractivity contribution in [3.05, 3.63) is 29.3 Å². The molecule has 88 valence electrons. The Hall–Kier alpha value is -0.830. The number of hydrogen-bond donors (Lipinski definition) is 1. The summed E-state index contributed by atoms with van der Waals surface area (Å²) < 4.78 is 11.3. The monoisotopic (exact) mass is 237 g/mol. The molecule has 1 aromatic carbocycles. The second-order valence-electron chi connectivity index (χ2n) is 4.64. The van der Waals surface area contributed by atoms with Crippen LogP contribution in [0.1, 0.15) is 24.0 Å². The van der Waals surface area contributed by atoms with Crippen molar-refractivity contribution < 1.29 is 4.21 Å². The second-order valence-corrected chi connectivity index (χ2v) is 6.34. The number of anilines is 1. The summed E-state index contributed by atoms with van der Waals surface area (Å²) in [6.45, 7) is 4.24. The molecular weight excluding hydrogens is 218 g/mol. The van der Waals surface area contributed by atoms with Gasteiger partial charge in [-0.15, -0.1) is 0 Å². The van der Waals surface area contributed by atoms with Crippen molar-refractivity contribution in [1.82, 2.24) is 0 Å². The maximum atomic E-state index is 11.3. The zero-order chi connectivity index (χ0) is 11.5. The SMILES string of the molecule is Cc1cc(C)cc(NC2CCS(=O)CC2)c1. The Labute approximate surface area is 99.9 Å². The Morgan fingerprint density at radius 2 is 1.69 bits per heavy atom. The van der Waals surface area contributed by atoms with Gasteiger partial charge in [0.25, 0.3) is 0 Å². The number of rotatable bonds is 2. The van der Waals surface area contributed by atoms with Gasteiger partial charge in [-0.25, -0.2) is 0 Å². The van der Waals surface area contributed by atoms with Crippen LogP contribution < -0.4 is 5.32 Å². The summed E-state index contributed by atoms with van der Waals surface area (Å²) in [5, 5.41) is 3.55. The molecule has 0 atom stereocenters. The molecule has 1 aromatic rings. The topological polar surface area (TPSA) is 29.1 Å². The molecule has 0 saturated carbocycles. The first-order valence-corrected chi connectivity index (χ1v) is 7.32. The fraction of sp³-hybridized carbons (Fsp3) is 0.538. The average Bonchev–Trinajstić information content (AvgIpc) is 2.20. The molecular formula is C13H19NOS. The summed E-state index contributed by atoms with van der Waals surface area (Å²) in [6.07, 6.45) is 2.05. The van der Waals surface area contributed by atoms with Gasteiger partial charge in [0.05, 0.1) is 0 Å². The summed E-state index contributed by atoms with van der Waals surface area (Å²) in [5.41, 5.74) is 3.79. The predicted molar refractivity (Wildman–Crippen MR) is 70.4 cm³/mol.